The number of benzene rings is 2. The van der Waals surface area contributed by atoms with Crippen molar-refractivity contribution in [1.29, 1.82) is 0 Å². The molecule has 1 amide bonds. The quantitative estimate of drug-likeness (QED) is 0.321. The lowest BCUT2D eigenvalue weighted by Crippen LogP contribution is -2.32. The maximum absolute atomic E-state index is 13.2. The van der Waals surface area contributed by atoms with Crippen molar-refractivity contribution in [2.24, 2.45) is 0 Å². The molecule has 0 saturated heterocycles. The molecule has 32 heavy (non-hydrogen) atoms. The predicted molar refractivity (Wildman–Crippen MR) is 131 cm³/mol. The van der Waals surface area contributed by atoms with E-state index >= 15 is 0 Å². The van der Waals surface area contributed by atoms with Crippen LogP contribution >= 0.6 is 27.3 Å². The maximum Gasteiger partial charge on any atom is 0.230 e. The summed E-state index contributed by atoms with van der Waals surface area (Å²) in [5, 5.41) is 0.535. The number of sulfone groups is 1. The molecule has 0 atom stereocenters. The molecule has 0 bridgehead atoms. The van der Waals surface area contributed by atoms with Gasteiger partial charge >= 0.3 is 0 Å². The van der Waals surface area contributed by atoms with Crippen LogP contribution in [0.2, 0.25) is 0 Å². The Labute approximate surface area is 199 Å². The highest BCUT2D eigenvalue weighted by atomic mass is 79.9. The first kappa shape index (κ1) is 22.6. The van der Waals surface area contributed by atoms with Crippen LogP contribution in [0, 0.1) is 0 Å². The summed E-state index contributed by atoms with van der Waals surface area (Å²) in [6.45, 7) is 0.270. The molecule has 0 fully saturated rings. The third-order valence-electron chi connectivity index (χ3n) is 4.79. The lowest BCUT2D eigenvalue weighted by Gasteiger charge is -2.20. The summed E-state index contributed by atoms with van der Waals surface area (Å²) in [6, 6.07) is 18.4. The number of fused-ring (bicyclic) bond motifs is 1. The number of carbonyl (C=O) groups excluding carboxylic acids is 1. The van der Waals surface area contributed by atoms with E-state index in [4.69, 9.17) is 0 Å². The largest absolute Gasteiger partial charge is 0.284 e. The molecule has 4 aromatic rings. The van der Waals surface area contributed by atoms with Gasteiger partial charge in [0.1, 0.15) is 0 Å². The first-order valence-corrected chi connectivity index (χ1v) is 13.3. The SMILES string of the molecule is O=C(CCS(=O)(=O)Cc1ccccc1)N(Cc1cccnc1)c1nc2ccc(Br)cc2s1. The van der Waals surface area contributed by atoms with Gasteiger partial charge in [0.05, 0.1) is 28.3 Å². The van der Waals surface area contributed by atoms with E-state index < -0.39 is 9.84 Å². The summed E-state index contributed by atoms with van der Waals surface area (Å²) >= 11 is 4.86. The number of thiazole rings is 1. The van der Waals surface area contributed by atoms with Crippen LogP contribution < -0.4 is 4.90 Å². The van der Waals surface area contributed by atoms with Crippen molar-refractivity contribution in [2.45, 2.75) is 18.7 Å². The van der Waals surface area contributed by atoms with E-state index in [1.807, 2.05) is 30.3 Å². The van der Waals surface area contributed by atoms with Crippen molar-refractivity contribution in [3.05, 3.63) is 88.7 Å². The molecular weight excluding hydrogens is 510 g/mol. The summed E-state index contributed by atoms with van der Waals surface area (Å²) in [4.78, 5) is 23.5. The van der Waals surface area contributed by atoms with Gasteiger partial charge in [-0.25, -0.2) is 13.4 Å². The second kappa shape index (κ2) is 9.89. The highest BCUT2D eigenvalue weighted by molar-refractivity contribution is 9.10. The van der Waals surface area contributed by atoms with E-state index in [1.54, 1.807) is 47.6 Å². The number of amides is 1. The fraction of sp³-hybridized carbons (Fsp3) is 0.174. The summed E-state index contributed by atoms with van der Waals surface area (Å²) < 4.78 is 27.1. The molecule has 0 radical (unpaired) electrons. The molecule has 0 aliphatic rings. The average Bonchev–Trinajstić information content (AvgIpc) is 3.20. The van der Waals surface area contributed by atoms with E-state index in [1.165, 1.54) is 11.3 Å². The minimum Gasteiger partial charge on any atom is -0.284 e. The first-order valence-electron chi connectivity index (χ1n) is 9.89. The summed E-state index contributed by atoms with van der Waals surface area (Å²) in [5.74, 6) is -0.594. The van der Waals surface area contributed by atoms with Gasteiger partial charge in [0.15, 0.2) is 15.0 Å². The normalized spacial score (nSPS) is 11.5. The number of anilines is 1. The number of hydrogen-bond acceptors (Lipinski definition) is 6. The Morgan fingerprint density at radius 1 is 1.03 bits per heavy atom. The van der Waals surface area contributed by atoms with Crippen LogP contribution in [0.25, 0.3) is 10.2 Å². The molecule has 2 heterocycles. The third-order valence-corrected chi connectivity index (χ3v) is 7.92. The molecule has 0 aliphatic heterocycles. The number of halogens is 1. The fourth-order valence-electron chi connectivity index (χ4n) is 3.22. The van der Waals surface area contributed by atoms with Crippen LogP contribution in [0.3, 0.4) is 0 Å². The van der Waals surface area contributed by atoms with Crippen LogP contribution in [0.1, 0.15) is 17.5 Å². The zero-order valence-electron chi connectivity index (χ0n) is 17.0. The van der Waals surface area contributed by atoms with Gasteiger partial charge in [0, 0.05) is 23.3 Å². The molecule has 6 nitrogen and oxygen atoms in total. The van der Waals surface area contributed by atoms with Crippen molar-refractivity contribution in [3.8, 4) is 0 Å². The van der Waals surface area contributed by atoms with E-state index in [-0.39, 0.29) is 30.4 Å². The van der Waals surface area contributed by atoms with Crippen LogP contribution in [0.4, 0.5) is 5.13 Å². The minimum atomic E-state index is -3.43. The summed E-state index contributed by atoms with van der Waals surface area (Å²) in [5.41, 5.74) is 2.34. The predicted octanol–water partition coefficient (Wildman–Crippen LogP) is 4.99. The Morgan fingerprint density at radius 2 is 1.81 bits per heavy atom. The van der Waals surface area contributed by atoms with Crippen LogP contribution in [0.5, 0.6) is 0 Å². The molecule has 0 N–H and O–H groups in total. The lowest BCUT2D eigenvalue weighted by atomic mass is 10.2. The van der Waals surface area contributed by atoms with Crippen molar-refractivity contribution in [2.75, 3.05) is 10.7 Å². The van der Waals surface area contributed by atoms with Gasteiger partial charge in [-0.2, -0.15) is 0 Å². The maximum atomic E-state index is 13.2. The monoisotopic (exact) mass is 529 g/mol. The Bertz CT molecular complexity index is 1330. The molecule has 0 spiro atoms. The fourth-order valence-corrected chi connectivity index (χ4v) is 6.08. The topological polar surface area (TPSA) is 80.2 Å². The molecule has 4 rings (SSSR count). The van der Waals surface area contributed by atoms with E-state index in [9.17, 15) is 13.2 Å². The lowest BCUT2D eigenvalue weighted by molar-refractivity contribution is -0.118. The average molecular weight is 530 g/mol. The number of pyridine rings is 1. The molecule has 0 aliphatic carbocycles. The van der Waals surface area contributed by atoms with Gasteiger partial charge in [-0.15, -0.1) is 0 Å². The Hall–Kier alpha value is -2.62. The number of nitrogens with zero attached hydrogens (tertiary/aromatic N) is 3. The number of rotatable bonds is 8. The zero-order chi connectivity index (χ0) is 22.6. The van der Waals surface area contributed by atoms with E-state index in [0.717, 1.165) is 20.3 Å². The van der Waals surface area contributed by atoms with Gasteiger partial charge in [-0.05, 0) is 35.4 Å². The smallest absolute Gasteiger partial charge is 0.230 e. The van der Waals surface area contributed by atoms with Crippen LogP contribution in [-0.2, 0) is 26.9 Å². The number of carbonyl (C=O) groups is 1. The first-order chi connectivity index (χ1) is 15.4. The second-order valence-corrected chi connectivity index (χ2v) is 11.4. The van der Waals surface area contributed by atoms with Gasteiger partial charge in [-0.1, -0.05) is 63.7 Å². The van der Waals surface area contributed by atoms with Crippen LogP contribution in [-0.4, -0.2) is 30.0 Å². The molecule has 0 saturated carbocycles. The highest BCUT2D eigenvalue weighted by Gasteiger charge is 2.23. The van der Waals surface area contributed by atoms with E-state index in [2.05, 4.69) is 25.9 Å². The summed E-state index contributed by atoms with van der Waals surface area (Å²) in [7, 11) is -3.43. The van der Waals surface area contributed by atoms with Gasteiger partial charge in [-0.3, -0.25) is 14.7 Å². The van der Waals surface area contributed by atoms with Gasteiger partial charge in [0.2, 0.25) is 5.91 Å². The molecule has 0 unspecified atom stereocenters. The number of aromatic nitrogens is 2. The van der Waals surface area contributed by atoms with Crippen molar-refractivity contribution >= 4 is 58.4 Å². The molecule has 9 heteroatoms. The number of hydrogen-bond donors (Lipinski definition) is 0. The Kier molecular flexibility index (Phi) is 6.98. The van der Waals surface area contributed by atoms with Gasteiger partial charge in [0.25, 0.3) is 0 Å². The third kappa shape index (κ3) is 5.79. The van der Waals surface area contributed by atoms with Crippen molar-refractivity contribution in [3.63, 3.8) is 0 Å². The van der Waals surface area contributed by atoms with Crippen molar-refractivity contribution < 1.29 is 13.2 Å². The van der Waals surface area contributed by atoms with E-state index in [0.29, 0.717) is 10.7 Å². The molecule has 2 aromatic carbocycles. The van der Waals surface area contributed by atoms with Gasteiger partial charge < -0.3 is 0 Å². The summed E-state index contributed by atoms with van der Waals surface area (Å²) in [6.07, 6.45) is 3.24. The molecule has 2 aromatic heterocycles. The zero-order valence-corrected chi connectivity index (χ0v) is 20.2. The second-order valence-electron chi connectivity index (χ2n) is 7.28. The molecular formula is C23H20BrN3O3S2. The minimum absolute atomic E-state index is 0.0844. The highest BCUT2D eigenvalue weighted by Crippen LogP contribution is 2.32. The molecule has 164 valence electrons. The van der Waals surface area contributed by atoms with Crippen LogP contribution in [0.15, 0.2) is 77.5 Å². The standard InChI is InChI=1S/C23H20BrN3O3S2/c24-19-8-9-20-21(13-19)31-23(26-20)27(15-18-7-4-11-25-14-18)22(28)10-12-32(29,30)16-17-5-2-1-3-6-17/h1-9,11,13-14H,10,12,15-16H2. The Balaban J connectivity index is 1.55. The Morgan fingerprint density at radius 3 is 2.56 bits per heavy atom. The van der Waals surface area contributed by atoms with Crippen molar-refractivity contribution in [1.82, 2.24) is 9.97 Å².